The Hall–Kier alpha value is -2.70. The molecule has 0 aliphatic heterocycles. The molecule has 0 heterocycles. The molecule has 0 atom stereocenters. The number of nitro benzene ring substituents is 1. The first-order valence-corrected chi connectivity index (χ1v) is 7.11. The van der Waals surface area contributed by atoms with Gasteiger partial charge >= 0.3 is 5.97 Å². The van der Waals surface area contributed by atoms with Crippen molar-refractivity contribution < 1.29 is 19.2 Å². The van der Waals surface area contributed by atoms with Crippen molar-refractivity contribution >= 4 is 17.6 Å². The van der Waals surface area contributed by atoms with Gasteiger partial charge in [0.25, 0.3) is 11.6 Å². The highest BCUT2D eigenvalue weighted by molar-refractivity contribution is 5.93. The zero-order valence-corrected chi connectivity index (χ0v) is 13.5. The minimum atomic E-state index is -0.758. The van der Waals surface area contributed by atoms with Gasteiger partial charge in [-0.25, -0.2) is 4.79 Å². The van der Waals surface area contributed by atoms with Crippen molar-refractivity contribution in [2.75, 3.05) is 19.7 Å². The van der Waals surface area contributed by atoms with E-state index in [4.69, 9.17) is 4.74 Å². The van der Waals surface area contributed by atoms with E-state index in [2.05, 4.69) is 6.58 Å². The molecule has 23 heavy (non-hydrogen) atoms. The van der Waals surface area contributed by atoms with Gasteiger partial charge in [0, 0.05) is 24.7 Å². The van der Waals surface area contributed by atoms with E-state index in [0.29, 0.717) is 13.1 Å². The van der Waals surface area contributed by atoms with Gasteiger partial charge in [-0.2, -0.15) is 0 Å². The molecule has 1 rings (SSSR count). The van der Waals surface area contributed by atoms with Crippen molar-refractivity contribution in [3.63, 3.8) is 0 Å². The maximum absolute atomic E-state index is 12.0. The van der Waals surface area contributed by atoms with Crippen molar-refractivity contribution in [1.82, 2.24) is 4.90 Å². The molecule has 0 radical (unpaired) electrons. The number of nitrogens with zero attached hydrogens (tertiary/aromatic N) is 2. The van der Waals surface area contributed by atoms with Gasteiger partial charge in [-0.3, -0.25) is 14.9 Å². The molecule has 0 fully saturated rings. The summed E-state index contributed by atoms with van der Waals surface area (Å²) in [6.07, 6.45) is 0. The molecule has 0 aromatic heterocycles. The van der Waals surface area contributed by atoms with Crippen molar-refractivity contribution in [1.29, 1.82) is 0 Å². The Morgan fingerprint density at radius 3 is 2.57 bits per heavy atom. The van der Waals surface area contributed by atoms with Crippen LogP contribution in [0.25, 0.3) is 0 Å². The van der Waals surface area contributed by atoms with E-state index >= 15 is 0 Å². The third kappa shape index (κ3) is 4.91. The maximum Gasteiger partial charge on any atom is 0.339 e. The first kappa shape index (κ1) is 18.3. The second-order valence-electron chi connectivity index (χ2n) is 5.15. The van der Waals surface area contributed by atoms with E-state index in [0.717, 1.165) is 5.57 Å². The second-order valence-corrected chi connectivity index (χ2v) is 5.15. The molecule has 1 aromatic carbocycles. The van der Waals surface area contributed by atoms with Crippen LogP contribution in [0.3, 0.4) is 0 Å². The summed E-state index contributed by atoms with van der Waals surface area (Å²) in [4.78, 5) is 35.9. The van der Waals surface area contributed by atoms with Crippen LogP contribution in [0.4, 0.5) is 5.69 Å². The Morgan fingerprint density at radius 2 is 2.04 bits per heavy atom. The van der Waals surface area contributed by atoms with Crippen molar-refractivity contribution in [3.05, 3.63) is 51.6 Å². The molecule has 1 amide bonds. The third-order valence-electron chi connectivity index (χ3n) is 3.24. The topological polar surface area (TPSA) is 89.8 Å². The van der Waals surface area contributed by atoms with Gasteiger partial charge in [0.15, 0.2) is 6.61 Å². The van der Waals surface area contributed by atoms with Crippen LogP contribution in [-0.4, -0.2) is 41.4 Å². The highest BCUT2D eigenvalue weighted by Gasteiger charge is 2.20. The molecule has 0 saturated heterocycles. The predicted octanol–water partition coefficient (Wildman–Crippen LogP) is 2.48. The number of carbonyl (C=O) groups is 2. The second kappa shape index (κ2) is 8.07. The third-order valence-corrected chi connectivity index (χ3v) is 3.24. The van der Waals surface area contributed by atoms with Gasteiger partial charge in [0.1, 0.15) is 0 Å². The van der Waals surface area contributed by atoms with Crippen molar-refractivity contribution in [3.8, 4) is 0 Å². The van der Waals surface area contributed by atoms with Crippen LogP contribution < -0.4 is 0 Å². The lowest BCUT2D eigenvalue weighted by atomic mass is 10.1. The van der Waals surface area contributed by atoms with E-state index in [9.17, 15) is 19.7 Å². The summed E-state index contributed by atoms with van der Waals surface area (Å²) in [6.45, 7) is 9.27. The van der Waals surface area contributed by atoms with E-state index in [1.807, 2.05) is 6.92 Å². The normalized spacial score (nSPS) is 10.0. The van der Waals surface area contributed by atoms with Crippen LogP contribution in [0.15, 0.2) is 30.4 Å². The quantitative estimate of drug-likeness (QED) is 0.333. The van der Waals surface area contributed by atoms with E-state index in [1.54, 1.807) is 6.92 Å². The number of ether oxygens (including phenoxy) is 1. The summed E-state index contributed by atoms with van der Waals surface area (Å²) < 4.78 is 4.99. The highest BCUT2D eigenvalue weighted by Crippen LogP contribution is 2.21. The van der Waals surface area contributed by atoms with Crippen molar-refractivity contribution in [2.45, 2.75) is 20.8 Å². The average Bonchev–Trinajstić information content (AvgIpc) is 2.49. The molecule has 0 aliphatic rings. The lowest BCUT2D eigenvalue weighted by Gasteiger charge is -2.20. The van der Waals surface area contributed by atoms with Crippen LogP contribution in [0.5, 0.6) is 0 Å². The minimum Gasteiger partial charge on any atom is -0.452 e. The molecular weight excluding hydrogens is 300 g/mol. The van der Waals surface area contributed by atoms with Gasteiger partial charge in [-0.05, 0) is 26.8 Å². The molecule has 0 N–H and O–H groups in total. The van der Waals surface area contributed by atoms with Gasteiger partial charge in [-0.1, -0.05) is 18.2 Å². The smallest absolute Gasteiger partial charge is 0.339 e. The van der Waals surface area contributed by atoms with Crippen LogP contribution in [0.2, 0.25) is 0 Å². The number of benzene rings is 1. The summed E-state index contributed by atoms with van der Waals surface area (Å²) in [5.74, 6) is -1.10. The Morgan fingerprint density at radius 1 is 1.39 bits per heavy atom. The lowest BCUT2D eigenvalue weighted by molar-refractivity contribution is -0.385. The summed E-state index contributed by atoms with van der Waals surface area (Å²) >= 11 is 0. The number of hydrogen-bond acceptors (Lipinski definition) is 5. The number of carbonyl (C=O) groups excluding carboxylic acids is 2. The van der Waals surface area contributed by atoms with Crippen LogP contribution in [0, 0.1) is 17.0 Å². The van der Waals surface area contributed by atoms with Crippen LogP contribution in [0.1, 0.15) is 29.8 Å². The Labute approximate surface area is 134 Å². The molecule has 0 bridgehead atoms. The predicted molar refractivity (Wildman–Crippen MR) is 85.2 cm³/mol. The average molecular weight is 320 g/mol. The molecule has 0 saturated carbocycles. The molecule has 7 heteroatoms. The van der Waals surface area contributed by atoms with Gasteiger partial charge < -0.3 is 9.64 Å². The van der Waals surface area contributed by atoms with Crippen molar-refractivity contribution in [2.24, 2.45) is 0 Å². The summed E-state index contributed by atoms with van der Waals surface area (Å²) in [5.41, 5.74) is 0.948. The van der Waals surface area contributed by atoms with E-state index in [-0.39, 0.29) is 22.7 Å². The summed E-state index contributed by atoms with van der Waals surface area (Å²) in [5, 5.41) is 10.9. The lowest BCUT2D eigenvalue weighted by Crippen LogP contribution is -2.35. The summed E-state index contributed by atoms with van der Waals surface area (Å²) in [6, 6.07) is 4.15. The SMILES string of the molecule is C=C(C)CN(CC)C(=O)COC(=O)c1cccc([N+](=O)[O-])c1C. The number of nitro groups is 1. The fourth-order valence-electron chi connectivity index (χ4n) is 2.04. The zero-order valence-electron chi connectivity index (χ0n) is 13.5. The Bertz CT molecular complexity index is 639. The van der Waals surface area contributed by atoms with Gasteiger partial charge in [0.2, 0.25) is 0 Å². The van der Waals surface area contributed by atoms with Gasteiger partial charge in [-0.15, -0.1) is 0 Å². The first-order chi connectivity index (χ1) is 10.8. The first-order valence-electron chi connectivity index (χ1n) is 7.11. The number of rotatable bonds is 7. The molecule has 0 unspecified atom stereocenters. The van der Waals surface area contributed by atoms with Crippen LogP contribution in [-0.2, 0) is 9.53 Å². The molecule has 0 aliphatic carbocycles. The van der Waals surface area contributed by atoms with Crippen LogP contribution >= 0.6 is 0 Å². The van der Waals surface area contributed by atoms with E-state index in [1.165, 1.54) is 30.0 Å². The zero-order chi connectivity index (χ0) is 17.6. The molecular formula is C16H20N2O5. The minimum absolute atomic E-state index is 0.0787. The summed E-state index contributed by atoms with van der Waals surface area (Å²) in [7, 11) is 0. The highest BCUT2D eigenvalue weighted by atomic mass is 16.6. The molecule has 0 spiro atoms. The monoisotopic (exact) mass is 320 g/mol. The van der Waals surface area contributed by atoms with E-state index < -0.39 is 17.5 Å². The standard InChI is InChI=1S/C16H20N2O5/c1-5-17(9-11(2)3)15(19)10-23-16(20)13-7-6-8-14(12(13)4)18(21)22/h6-8H,2,5,9-10H2,1,3-4H3. The maximum atomic E-state index is 12.0. The number of esters is 1. The number of hydrogen-bond donors (Lipinski definition) is 0. The number of amides is 1. The molecule has 124 valence electrons. The number of likely N-dealkylation sites (N-methyl/N-ethyl adjacent to an activating group) is 1. The fraction of sp³-hybridized carbons (Fsp3) is 0.375. The molecule has 7 nitrogen and oxygen atoms in total. The largest absolute Gasteiger partial charge is 0.452 e. The van der Waals surface area contributed by atoms with Gasteiger partial charge in [0.05, 0.1) is 10.5 Å². The fourth-order valence-corrected chi connectivity index (χ4v) is 2.04. The Balaban J connectivity index is 2.77. The Kier molecular flexibility index (Phi) is 6.44. The molecule has 1 aromatic rings.